The zero-order chi connectivity index (χ0) is 22.3. The molecule has 0 radical (unpaired) electrons. The summed E-state index contributed by atoms with van der Waals surface area (Å²) < 4.78 is 0. The standard InChI is InChI=1S/C25H22.C7H16/c1-2-6-19-15-21(23-9-4-3-8-22(19)23)16-20-14-13-18-12-11-17-7-5-10-24(20)25(17)18;1-3-5-7-6-4-2/h3-5,7-10,13-16H,2,6,11-12H2,1H3;3-7H2,1-2H3/b21-16+;. The molecule has 3 aromatic rings. The van der Waals surface area contributed by atoms with Crippen LogP contribution in [0.4, 0.5) is 0 Å². The molecule has 0 saturated heterocycles. The van der Waals surface area contributed by atoms with Crippen LogP contribution in [0.1, 0.15) is 93.5 Å². The summed E-state index contributed by atoms with van der Waals surface area (Å²) in [5, 5.41) is 2.91. The van der Waals surface area contributed by atoms with Crippen molar-refractivity contribution in [2.75, 3.05) is 0 Å². The van der Waals surface area contributed by atoms with Gasteiger partial charge in [-0.3, -0.25) is 0 Å². The molecular weight excluding hydrogens is 384 g/mol. The number of benzene rings is 3. The predicted octanol–water partition coefficient (Wildman–Crippen LogP) is 9.65. The molecule has 2 aliphatic carbocycles. The second-order valence-electron chi connectivity index (χ2n) is 9.28. The first-order valence-corrected chi connectivity index (χ1v) is 12.8. The van der Waals surface area contributed by atoms with Gasteiger partial charge in [-0.2, -0.15) is 0 Å². The molecule has 0 bridgehead atoms. The Hall–Kier alpha value is -2.60. The normalized spacial score (nSPS) is 15.0. The van der Waals surface area contributed by atoms with E-state index in [-0.39, 0.29) is 0 Å². The van der Waals surface area contributed by atoms with E-state index >= 15 is 0 Å². The summed E-state index contributed by atoms with van der Waals surface area (Å²) >= 11 is 0. The fourth-order valence-corrected chi connectivity index (χ4v) is 5.19. The zero-order valence-corrected chi connectivity index (χ0v) is 20.2. The second-order valence-corrected chi connectivity index (χ2v) is 9.28. The largest absolute Gasteiger partial charge is 0.0654 e. The van der Waals surface area contributed by atoms with E-state index in [1.807, 2.05) is 0 Å². The van der Waals surface area contributed by atoms with Gasteiger partial charge in [-0.05, 0) is 75.1 Å². The van der Waals surface area contributed by atoms with Crippen LogP contribution in [0.25, 0.3) is 28.0 Å². The quantitative estimate of drug-likeness (QED) is 0.332. The fourth-order valence-electron chi connectivity index (χ4n) is 5.19. The zero-order valence-electron chi connectivity index (χ0n) is 20.2. The molecule has 0 heterocycles. The van der Waals surface area contributed by atoms with Crippen molar-refractivity contribution >= 4 is 28.0 Å². The van der Waals surface area contributed by atoms with Crippen LogP contribution in [0.3, 0.4) is 0 Å². The van der Waals surface area contributed by atoms with Gasteiger partial charge in [-0.1, -0.05) is 120 Å². The van der Waals surface area contributed by atoms with Crippen LogP contribution in [0.15, 0.2) is 60.7 Å². The van der Waals surface area contributed by atoms with E-state index in [0.717, 1.165) is 6.42 Å². The van der Waals surface area contributed by atoms with Gasteiger partial charge in [0, 0.05) is 0 Å². The lowest BCUT2D eigenvalue weighted by Crippen LogP contribution is -1.85. The van der Waals surface area contributed by atoms with E-state index in [0.29, 0.717) is 0 Å². The van der Waals surface area contributed by atoms with Crippen LogP contribution < -0.4 is 0 Å². The van der Waals surface area contributed by atoms with Crippen LogP contribution in [0.5, 0.6) is 0 Å². The summed E-state index contributed by atoms with van der Waals surface area (Å²) in [6, 6.07) is 20.3. The predicted molar refractivity (Wildman–Crippen MR) is 143 cm³/mol. The molecule has 0 unspecified atom stereocenters. The molecule has 0 aromatic heterocycles. The minimum Gasteiger partial charge on any atom is -0.0654 e. The van der Waals surface area contributed by atoms with E-state index < -0.39 is 0 Å². The van der Waals surface area contributed by atoms with Crippen molar-refractivity contribution in [1.29, 1.82) is 0 Å². The molecule has 0 atom stereocenters. The maximum atomic E-state index is 2.40. The molecule has 0 amide bonds. The van der Waals surface area contributed by atoms with Crippen molar-refractivity contribution in [2.45, 2.75) is 78.6 Å². The third-order valence-corrected chi connectivity index (χ3v) is 6.86. The van der Waals surface area contributed by atoms with Gasteiger partial charge >= 0.3 is 0 Å². The van der Waals surface area contributed by atoms with E-state index in [2.05, 4.69) is 87.5 Å². The molecular formula is C32H38. The molecule has 166 valence electrons. The van der Waals surface area contributed by atoms with E-state index in [9.17, 15) is 0 Å². The van der Waals surface area contributed by atoms with Crippen LogP contribution in [-0.4, -0.2) is 0 Å². The molecule has 3 aromatic carbocycles. The summed E-state index contributed by atoms with van der Waals surface area (Å²) in [5.74, 6) is 0. The average molecular weight is 423 g/mol. The summed E-state index contributed by atoms with van der Waals surface area (Å²) in [6.07, 6.45) is 16.5. The van der Waals surface area contributed by atoms with Gasteiger partial charge in [0.25, 0.3) is 0 Å². The first-order valence-electron chi connectivity index (χ1n) is 12.8. The van der Waals surface area contributed by atoms with Gasteiger partial charge in [-0.25, -0.2) is 0 Å². The minimum atomic E-state index is 1.15. The molecule has 0 heteroatoms. The second kappa shape index (κ2) is 10.8. The fraction of sp³-hybridized carbons (Fsp3) is 0.375. The van der Waals surface area contributed by atoms with Crippen LogP contribution in [-0.2, 0) is 12.8 Å². The molecule has 5 rings (SSSR count). The Labute approximate surface area is 195 Å². The smallest absolute Gasteiger partial charge is 0.0106 e. The van der Waals surface area contributed by atoms with Gasteiger partial charge < -0.3 is 0 Å². The summed E-state index contributed by atoms with van der Waals surface area (Å²) in [6.45, 7) is 6.75. The highest BCUT2D eigenvalue weighted by Crippen LogP contribution is 2.40. The van der Waals surface area contributed by atoms with Crippen LogP contribution in [0.2, 0.25) is 0 Å². The van der Waals surface area contributed by atoms with Gasteiger partial charge in [0.2, 0.25) is 0 Å². The Kier molecular flexibility index (Phi) is 7.63. The van der Waals surface area contributed by atoms with Crippen molar-refractivity contribution in [3.8, 4) is 0 Å². The van der Waals surface area contributed by atoms with E-state index in [4.69, 9.17) is 0 Å². The number of aryl methyl sites for hydroxylation is 2. The lowest BCUT2D eigenvalue weighted by atomic mass is 9.97. The third kappa shape index (κ3) is 4.75. The Morgan fingerprint density at radius 1 is 0.688 bits per heavy atom. The van der Waals surface area contributed by atoms with Crippen molar-refractivity contribution in [3.05, 3.63) is 88.5 Å². The molecule has 0 N–H and O–H groups in total. The first kappa shape index (κ1) is 22.6. The monoisotopic (exact) mass is 422 g/mol. The Balaban J connectivity index is 0.000000307. The lowest BCUT2D eigenvalue weighted by molar-refractivity contribution is 0.656. The molecule has 0 spiro atoms. The lowest BCUT2D eigenvalue weighted by Gasteiger charge is -2.07. The number of rotatable bonds is 7. The van der Waals surface area contributed by atoms with Crippen molar-refractivity contribution in [3.63, 3.8) is 0 Å². The average Bonchev–Trinajstić information content (AvgIpc) is 3.40. The molecule has 0 aliphatic heterocycles. The SMILES string of the molecule is CCCC1=C/C(=C\c2ccc3c4c(cccc24)CC3)c2ccccc21.CCCCCCC. The van der Waals surface area contributed by atoms with Crippen molar-refractivity contribution in [2.24, 2.45) is 0 Å². The molecule has 0 saturated carbocycles. The Morgan fingerprint density at radius 2 is 1.41 bits per heavy atom. The van der Waals surface area contributed by atoms with Crippen molar-refractivity contribution < 1.29 is 0 Å². The van der Waals surface area contributed by atoms with Crippen molar-refractivity contribution in [1.82, 2.24) is 0 Å². The van der Waals surface area contributed by atoms with E-state index in [1.54, 1.807) is 0 Å². The highest BCUT2D eigenvalue weighted by Gasteiger charge is 2.19. The van der Waals surface area contributed by atoms with Gasteiger partial charge in [0.15, 0.2) is 0 Å². The Bertz CT molecular complexity index is 1110. The Morgan fingerprint density at radius 3 is 2.12 bits per heavy atom. The topological polar surface area (TPSA) is 0 Å². The highest BCUT2D eigenvalue weighted by atomic mass is 14.2. The maximum Gasteiger partial charge on any atom is -0.0106 e. The number of hydrogen-bond donors (Lipinski definition) is 0. The number of hydrogen-bond acceptors (Lipinski definition) is 0. The highest BCUT2D eigenvalue weighted by molar-refractivity contribution is 6.06. The van der Waals surface area contributed by atoms with Gasteiger partial charge in [0.1, 0.15) is 0 Å². The summed E-state index contributed by atoms with van der Waals surface area (Å²) in [5.41, 5.74) is 10.0. The molecule has 0 fully saturated rings. The molecule has 32 heavy (non-hydrogen) atoms. The summed E-state index contributed by atoms with van der Waals surface area (Å²) in [7, 11) is 0. The van der Waals surface area contributed by atoms with E-state index in [1.165, 1.54) is 101 Å². The van der Waals surface area contributed by atoms with Gasteiger partial charge in [0.05, 0.1) is 0 Å². The third-order valence-electron chi connectivity index (χ3n) is 6.86. The van der Waals surface area contributed by atoms with Crippen LogP contribution >= 0.6 is 0 Å². The molecule has 2 aliphatic rings. The first-order chi connectivity index (χ1) is 15.8. The van der Waals surface area contributed by atoms with Gasteiger partial charge in [-0.15, -0.1) is 0 Å². The number of fused-ring (bicyclic) bond motifs is 1. The number of allylic oxidation sites excluding steroid dienone is 3. The summed E-state index contributed by atoms with van der Waals surface area (Å²) in [4.78, 5) is 0. The molecule has 0 nitrogen and oxygen atoms in total. The van der Waals surface area contributed by atoms with Crippen LogP contribution in [0, 0.1) is 0 Å². The maximum absolute atomic E-state index is 2.40. The minimum absolute atomic E-state index is 1.15. The number of unbranched alkanes of at least 4 members (excludes halogenated alkanes) is 4.